The van der Waals surface area contributed by atoms with Gasteiger partial charge in [-0.15, -0.1) is 0 Å². The second kappa shape index (κ2) is 5.49. The van der Waals surface area contributed by atoms with Crippen molar-refractivity contribution in [1.82, 2.24) is 9.55 Å². The average Bonchev–Trinajstić information content (AvgIpc) is 2.93. The Morgan fingerprint density at radius 2 is 2.05 bits per heavy atom. The van der Waals surface area contributed by atoms with Gasteiger partial charge >= 0.3 is 5.97 Å². The van der Waals surface area contributed by atoms with Crippen molar-refractivity contribution in [2.75, 3.05) is 0 Å². The zero-order valence-electron chi connectivity index (χ0n) is 11.4. The molecule has 0 bridgehead atoms. The van der Waals surface area contributed by atoms with E-state index in [-0.39, 0.29) is 6.42 Å². The first-order chi connectivity index (χ1) is 9.72. The molecule has 2 aromatic rings. The van der Waals surface area contributed by atoms with Crippen LogP contribution in [-0.4, -0.2) is 20.6 Å². The van der Waals surface area contributed by atoms with Crippen LogP contribution in [0.5, 0.6) is 0 Å². The summed E-state index contributed by atoms with van der Waals surface area (Å²) in [6, 6.07) is 6.56. The van der Waals surface area contributed by atoms with E-state index in [1.54, 1.807) is 6.33 Å². The molecule has 1 aromatic carbocycles. The van der Waals surface area contributed by atoms with Crippen LogP contribution < -0.4 is 0 Å². The summed E-state index contributed by atoms with van der Waals surface area (Å²) in [6.07, 6.45) is 8.65. The van der Waals surface area contributed by atoms with Crippen LogP contribution >= 0.6 is 0 Å². The minimum absolute atomic E-state index is 0.125. The van der Waals surface area contributed by atoms with Gasteiger partial charge in [0, 0.05) is 18.3 Å². The number of aryl methyl sites for hydroxylation is 3. The molecule has 1 aromatic heterocycles. The van der Waals surface area contributed by atoms with E-state index >= 15 is 0 Å². The van der Waals surface area contributed by atoms with Gasteiger partial charge in [0.2, 0.25) is 0 Å². The number of aromatic nitrogens is 2. The molecule has 104 valence electrons. The van der Waals surface area contributed by atoms with E-state index in [2.05, 4.69) is 23.2 Å². The summed E-state index contributed by atoms with van der Waals surface area (Å²) in [5.41, 5.74) is 4.95. The predicted octanol–water partition coefficient (Wildman–Crippen LogP) is 2.90. The van der Waals surface area contributed by atoms with Gasteiger partial charge in [-0.05, 0) is 42.9 Å². The van der Waals surface area contributed by atoms with Crippen LogP contribution in [0, 0.1) is 0 Å². The van der Waals surface area contributed by atoms with Gasteiger partial charge in [0.25, 0.3) is 0 Å². The molecule has 0 fully saturated rings. The van der Waals surface area contributed by atoms with E-state index < -0.39 is 5.97 Å². The number of carboxylic acids is 1. The number of carbonyl (C=O) groups is 1. The molecule has 1 heterocycles. The first-order valence-corrected chi connectivity index (χ1v) is 7.08. The third-order valence-electron chi connectivity index (χ3n) is 3.86. The van der Waals surface area contributed by atoms with E-state index in [9.17, 15) is 4.79 Å². The minimum atomic E-state index is -0.783. The summed E-state index contributed by atoms with van der Waals surface area (Å²) in [7, 11) is 0. The maximum atomic E-state index is 10.6. The molecule has 1 aliphatic carbocycles. The molecule has 1 aliphatic rings. The molecule has 0 aliphatic heterocycles. The van der Waals surface area contributed by atoms with Gasteiger partial charge in [-0.1, -0.05) is 12.1 Å². The number of hydrogen-bond donors (Lipinski definition) is 1. The van der Waals surface area contributed by atoms with Crippen LogP contribution in [0.25, 0.3) is 11.3 Å². The maximum absolute atomic E-state index is 10.6. The quantitative estimate of drug-likeness (QED) is 0.929. The summed E-state index contributed by atoms with van der Waals surface area (Å²) in [5.74, 6) is -0.783. The highest BCUT2D eigenvalue weighted by atomic mass is 16.4. The van der Waals surface area contributed by atoms with E-state index in [0.29, 0.717) is 6.54 Å². The van der Waals surface area contributed by atoms with Crippen LogP contribution in [0.2, 0.25) is 0 Å². The summed E-state index contributed by atoms with van der Waals surface area (Å²) >= 11 is 0. The highest BCUT2D eigenvalue weighted by Crippen LogP contribution is 2.26. The largest absolute Gasteiger partial charge is 0.481 e. The summed E-state index contributed by atoms with van der Waals surface area (Å²) in [4.78, 5) is 15.0. The normalized spacial score (nSPS) is 14.0. The monoisotopic (exact) mass is 270 g/mol. The Morgan fingerprint density at radius 1 is 1.25 bits per heavy atom. The van der Waals surface area contributed by atoms with Crippen molar-refractivity contribution in [3.05, 3.63) is 41.9 Å². The fourth-order valence-corrected chi connectivity index (χ4v) is 2.75. The number of nitrogens with zero attached hydrogens (tertiary/aromatic N) is 2. The summed E-state index contributed by atoms with van der Waals surface area (Å²) in [6.45, 7) is 0.466. The number of carboxylic acid groups (broad SMARTS) is 1. The van der Waals surface area contributed by atoms with Crippen LogP contribution in [0.4, 0.5) is 0 Å². The Labute approximate surface area is 118 Å². The van der Waals surface area contributed by atoms with Gasteiger partial charge in [0.1, 0.15) is 0 Å². The fraction of sp³-hybridized carbons (Fsp3) is 0.375. The van der Waals surface area contributed by atoms with Crippen LogP contribution in [0.1, 0.15) is 30.4 Å². The van der Waals surface area contributed by atoms with Gasteiger partial charge in [-0.2, -0.15) is 0 Å². The third kappa shape index (κ3) is 2.74. The molecule has 4 heteroatoms. The van der Waals surface area contributed by atoms with Crippen LogP contribution in [0.15, 0.2) is 30.7 Å². The smallest absolute Gasteiger partial charge is 0.305 e. The van der Waals surface area contributed by atoms with Crippen molar-refractivity contribution in [3.8, 4) is 11.3 Å². The zero-order valence-corrected chi connectivity index (χ0v) is 11.4. The predicted molar refractivity (Wildman–Crippen MR) is 76.6 cm³/mol. The van der Waals surface area contributed by atoms with Gasteiger partial charge in [-0.25, -0.2) is 4.98 Å². The average molecular weight is 270 g/mol. The second-order valence-corrected chi connectivity index (χ2v) is 5.33. The summed E-state index contributed by atoms with van der Waals surface area (Å²) in [5, 5.41) is 8.70. The molecule has 0 saturated carbocycles. The standard InChI is InChI=1S/C16H18N2O2/c19-16(20)7-8-18-10-15(17-11-18)14-6-5-12-3-1-2-4-13(12)9-14/h5-6,9-11H,1-4,7-8H2,(H,19,20). The lowest BCUT2D eigenvalue weighted by Gasteiger charge is -2.16. The Hall–Kier alpha value is -2.10. The number of imidazole rings is 1. The highest BCUT2D eigenvalue weighted by Gasteiger charge is 2.11. The lowest BCUT2D eigenvalue weighted by Crippen LogP contribution is -2.02. The zero-order chi connectivity index (χ0) is 13.9. The molecule has 20 heavy (non-hydrogen) atoms. The van der Waals surface area contributed by atoms with Gasteiger partial charge in [0.15, 0.2) is 0 Å². The number of aliphatic carboxylic acids is 1. The molecule has 0 amide bonds. The van der Waals surface area contributed by atoms with Crippen molar-refractivity contribution in [2.24, 2.45) is 0 Å². The Bertz CT molecular complexity index is 631. The summed E-state index contributed by atoms with van der Waals surface area (Å²) < 4.78 is 1.84. The lowest BCUT2D eigenvalue weighted by molar-refractivity contribution is -0.137. The van der Waals surface area contributed by atoms with Gasteiger partial charge in [-0.3, -0.25) is 4.79 Å². The molecule has 4 nitrogen and oxygen atoms in total. The second-order valence-electron chi connectivity index (χ2n) is 5.33. The molecule has 0 saturated heterocycles. The van der Waals surface area contributed by atoms with Crippen molar-refractivity contribution in [2.45, 2.75) is 38.6 Å². The molecule has 0 spiro atoms. The van der Waals surface area contributed by atoms with Crippen LogP contribution in [-0.2, 0) is 24.2 Å². The molecular weight excluding hydrogens is 252 g/mol. The SMILES string of the molecule is O=C(O)CCn1cnc(-c2ccc3c(c2)CCCC3)c1. The van der Waals surface area contributed by atoms with Gasteiger partial charge < -0.3 is 9.67 Å². The first kappa shape index (κ1) is 12.9. The number of benzene rings is 1. The molecule has 1 N–H and O–H groups in total. The molecular formula is C16H18N2O2. The van der Waals surface area contributed by atoms with Crippen molar-refractivity contribution < 1.29 is 9.90 Å². The number of rotatable bonds is 4. The van der Waals surface area contributed by atoms with E-state index in [4.69, 9.17) is 5.11 Å². The Balaban J connectivity index is 1.80. The maximum Gasteiger partial charge on any atom is 0.305 e. The minimum Gasteiger partial charge on any atom is -0.481 e. The molecule has 0 unspecified atom stereocenters. The number of hydrogen-bond acceptors (Lipinski definition) is 2. The Kier molecular flexibility index (Phi) is 3.54. The molecule has 0 atom stereocenters. The van der Waals surface area contributed by atoms with Crippen molar-refractivity contribution >= 4 is 5.97 Å². The molecule has 0 radical (unpaired) electrons. The third-order valence-corrected chi connectivity index (χ3v) is 3.86. The van der Waals surface area contributed by atoms with E-state index in [0.717, 1.165) is 17.7 Å². The molecule has 3 rings (SSSR count). The van der Waals surface area contributed by atoms with E-state index in [1.807, 2.05) is 10.8 Å². The first-order valence-electron chi connectivity index (χ1n) is 7.08. The van der Waals surface area contributed by atoms with E-state index in [1.165, 1.54) is 30.4 Å². The van der Waals surface area contributed by atoms with Gasteiger partial charge in [0.05, 0.1) is 18.4 Å². The fourth-order valence-electron chi connectivity index (χ4n) is 2.75. The van der Waals surface area contributed by atoms with Crippen LogP contribution in [0.3, 0.4) is 0 Å². The topological polar surface area (TPSA) is 55.1 Å². The number of fused-ring (bicyclic) bond motifs is 1. The lowest BCUT2D eigenvalue weighted by atomic mass is 9.90. The Morgan fingerprint density at radius 3 is 2.85 bits per heavy atom. The van der Waals surface area contributed by atoms with Crippen molar-refractivity contribution in [3.63, 3.8) is 0 Å². The van der Waals surface area contributed by atoms with Crippen molar-refractivity contribution in [1.29, 1.82) is 0 Å². The highest BCUT2D eigenvalue weighted by molar-refractivity contribution is 5.66.